The average molecular weight is 846 g/mol. The second-order valence-electron chi connectivity index (χ2n) is 17.4. The number of nitriles is 1. The topological polar surface area (TPSA) is 139 Å². The molecule has 1 N–H and O–H groups in total. The van der Waals surface area contributed by atoms with Crippen LogP contribution in [0.15, 0.2) is 60.7 Å². The van der Waals surface area contributed by atoms with E-state index in [9.17, 15) is 24.4 Å². The van der Waals surface area contributed by atoms with Gasteiger partial charge in [0.1, 0.15) is 23.7 Å². The van der Waals surface area contributed by atoms with E-state index in [1.807, 2.05) is 28.0 Å². The van der Waals surface area contributed by atoms with Gasteiger partial charge in [-0.1, -0.05) is 23.3 Å². The van der Waals surface area contributed by atoms with Crippen LogP contribution in [0.4, 0.5) is 10.1 Å². The number of hydrogen-bond donors (Lipinski definition) is 1. The molecule has 61 heavy (non-hydrogen) atoms. The number of amides is 4. The van der Waals surface area contributed by atoms with Gasteiger partial charge in [-0.2, -0.15) is 5.26 Å². The van der Waals surface area contributed by atoms with Crippen LogP contribution in [0.5, 0.6) is 5.75 Å². The van der Waals surface area contributed by atoms with E-state index in [0.717, 1.165) is 82.4 Å². The zero-order valence-corrected chi connectivity index (χ0v) is 34.9. The number of imide groups is 1. The maximum atomic E-state index is 15.5. The number of hydrogen-bond acceptors (Lipinski definition) is 9. The minimum atomic E-state index is -0.729. The molecule has 2 saturated heterocycles. The number of pyridine rings is 1. The van der Waals surface area contributed by atoms with E-state index in [4.69, 9.17) is 21.3 Å². The van der Waals surface area contributed by atoms with E-state index < -0.39 is 17.5 Å². The van der Waals surface area contributed by atoms with Crippen LogP contribution in [-0.4, -0.2) is 93.7 Å². The predicted octanol–water partition coefficient (Wildman–Crippen LogP) is 6.80. The van der Waals surface area contributed by atoms with Gasteiger partial charge in [-0.05, 0) is 112 Å². The molecule has 3 aromatic rings. The fraction of sp³-hybridized carbons (Fsp3) is 0.447. The molecule has 0 radical (unpaired) electrons. The van der Waals surface area contributed by atoms with Gasteiger partial charge in [-0.3, -0.25) is 34.4 Å². The number of rotatable bonds is 9. The number of carbonyl (C=O) groups excluding carboxylic acids is 4. The fourth-order valence-corrected chi connectivity index (χ4v) is 10.4. The minimum Gasteiger partial charge on any atom is -0.490 e. The van der Waals surface area contributed by atoms with Crippen LogP contribution in [0.3, 0.4) is 0 Å². The molecule has 0 spiro atoms. The summed E-state index contributed by atoms with van der Waals surface area (Å²) in [7, 11) is 0. The van der Waals surface area contributed by atoms with Crippen LogP contribution in [0.2, 0.25) is 5.02 Å². The Kier molecular flexibility index (Phi) is 11.2. The van der Waals surface area contributed by atoms with E-state index in [-0.39, 0.29) is 49.0 Å². The molecule has 4 aliphatic heterocycles. The summed E-state index contributed by atoms with van der Waals surface area (Å²) in [5.74, 6) is -0.284. The number of halogens is 2. The van der Waals surface area contributed by atoms with Crippen LogP contribution in [0, 0.1) is 23.1 Å². The highest BCUT2D eigenvalue weighted by atomic mass is 35.5. The maximum absolute atomic E-state index is 15.5. The van der Waals surface area contributed by atoms with Crippen molar-refractivity contribution in [2.45, 2.75) is 95.0 Å². The second kappa shape index (κ2) is 16.7. The largest absolute Gasteiger partial charge is 0.490 e. The monoisotopic (exact) mass is 845 g/mol. The van der Waals surface area contributed by atoms with Crippen molar-refractivity contribution in [1.82, 2.24) is 25.0 Å². The Morgan fingerprint density at radius 1 is 0.934 bits per heavy atom. The van der Waals surface area contributed by atoms with Gasteiger partial charge in [0.25, 0.3) is 11.8 Å². The summed E-state index contributed by atoms with van der Waals surface area (Å²) in [6, 6.07) is 13.4. The zero-order valence-electron chi connectivity index (χ0n) is 34.1. The smallest absolute Gasteiger partial charge is 0.256 e. The molecule has 0 bridgehead atoms. The highest BCUT2D eigenvalue weighted by molar-refractivity contribution is 6.31. The van der Waals surface area contributed by atoms with Crippen molar-refractivity contribution in [1.29, 1.82) is 5.26 Å². The Morgan fingerprint density at radius 2 is 1.70 bits per heavy atom. The Hall–Kier alpha value is -5.58. The number of piperidine rings is 1. The molecule has 1 aromatic heterocycles. The number of aromatic nitrogens is 1. The Labute approximate surface area is 360 Å². The second-order valence-corrected chi connectivity index (χ2v) is 17.8. The highest BCUT2D eigenvalue weighted by Crippen LogP contribution is 2.41. The molecule has 4 fully saturated rings. The number of benzene rings is 2. The molecule has 6 aliphatic rings. The Balaban J connectivity index is 0.749. The summed E-state index contributed by atoms with van der Waals surface area (Å²) in [5.41, 5.74) is 5.06. The summed E-state index contributed by atoms with van der Waals surface area (Å²) >= 11 is 6.22. The third-order valence-corrected chi connectivity index (χ3v) is 14.1. The van der Waals surface area contributed by atoms with Crippen molar-refractivity contribution < 1.29 is 28.3 Å². The van der Waals surface area contributed by atoms with Crippen molar-refractivity contribution in [3.05, 3.63) is 105 Å². The number of allylic oxidation sites excluding steroid dienone is 1. The van der Waals surface area contributed by atoms with Crippen molar-refractivity contribution in [3.8, 4) is 11.8 Å². The van der Waals surface area contributed by atoms with Crippen molar-refractivity contribution in [2.24, 2.45) is 5.92 Å². The lowest BCUT2D eigenvalue weighted by molar-refractivity contribution is -0.136. The predicted molar refractivity (Wildman–Crippen MR) is 227 cm³/mol. The average Bonchev–Trinajstić information content (AvgIpc) is 3.76. The standard InChI is InChI=1S/C47H49ClFN7O5/c1-2-47(15-13-34(14-16-47)61-35-9-7-31(25-50)38(48)23-35)56-28-40-36(46(56)60)10-8-33(51-40)21-29-3-5-30(6-4-29)26-53-17-19-54(20-18-53)42-24-37-32(22-39(42)49)27-55(45(37)59)41-11-12-43(57)52-44(41)58/h2,7-10,21-24,30,34,41H,1,3-6,11-20,26-28H2,(H,52,57,58)/t30?,34-,41?,47-. The van der Waals surface area contributed by atoms with Gasteiger partial charge in [0.2, 0.25) is 11.8 Å². The minimum absolute atomic E-state index is 0.00734. The molecular formula is C47H49ClFN7O5. The van der Waals surface area contributed by atoms with Crippen molar-refractivity contribution >= 4 is 47.0 Å². The van der Waals surface area contributed by atoms with E-state index in [1.54, 1.807) is 24.3 Å². The maximum Gasteiger partial charge on any atom is 0.256 e. The summed E-state index contributed by atoms with van der Waals surface area (Å²) in [6.45, 7) is 8.67. The molecular weight excluding hydrogens is 797 g/mol. The van der Waals surface area contributed by atoms with E-state index in [0.29, 0.717) is 64.3 Å². The first-order chi connectivity index (χ1) is 29.5. The van der Waals surface area contributed by atoms with Gasteiger partial charge >= 0.3 is 0 Å². The first kappa shape index (κ1) is 40.8. The molecule has 12 nitrogen and oxygen atoms in total. The van der Waals surface area contributed by atoms with Gasteiger partial charge < -0.3 is 19.4 Å². The summed E-state index contributed by atoms with van der Waals surface area (Å²) in [5, 5.41) is 11.9. The number of piperazine rings is 1. The highest BCUT2D eigenvalue weighted by Gasteiger charge is 2.45. The normalized spacial score (nSPS) is 25.6. The Bertz CT molecular complexity index is 2370. The lowest BCUT2D eigenvalue weighted by Crippen LogP contribution is -2.52. The number of carbonyl (C=O) groups is 4. The third kappa shape index (κ3) is 8.04. The molecule has 2 aromatic carbocycles. The van der Waals surface area contributed by atoms with E-state index in [1.165, 1.54) is 16.5 Å². The first-order valence-corrected chi connectivity index (χ1v) is 21.8. The van der Waals surface area contributed by atoms with E-state index in [2.05, 4.69) is 28.9 Å². The van der Waals surface area contributed by atoms with Crippen molar-refractivity contribution in [2.75, 3.05) is 37.6 Å². The molecule has 316 valence electrons. The SMILES string of the molecule is C=C[C@]1(N2Cc3nc(C=C4CCC(CN5CCN(c6cc7c(cc6F)CN(C6CCC(=O)NC6=O)C7=O)CC5)CC4)ccc3C2=O)CC[C@H](Oc2ccc(C#N)c(Cl)c2)CC1. The number of nitrogens with one attached hydrogen (secondary N) is 1. The van der Waals surface area contributed by atoms with Gasteiger partial charge in [0.05, 0.1) is 51.4 Å². The molecule has 9 rings (SSSR count). The quantitative estimate of drug-likeness (QED) is 0.182. The van der Waals surface area contributed by atoms with Crippen LogP contribution < -0.4 is 15.0 Å². The Morgan fingerprint density at radius 3 is 2.41 bits per heavy atom. The molecule has 2 saturated carbocycles. The molecule has 5 heterocycles. The lowest BCUT2D eigenvalue weighted by atomic mass is 9.79. The van der Waals surface area contributed by atoms with Crippen molar-refractivity contribution in [3.63, 3.8) is 0 Å². The van der Waals surface area contributed by atoms with Crippen LogP contribution in [-0.2, 0) is 22.7 Å². The van der Waals surface area contributed by atoms with Crippen LogP contribution in [0.25, 0.3) is 6.08 Å². The number of ether oxygens (including phenoxy) is 1. The summed E-state index contributed by atoms with van der Waals surface area (Å²) < 4.78 is 21.7. The third-order valence-electron chi connectivity index (χ3n) is 13.8. The zero-order chi connectivity index (χ0) is 42.4. The molecule has 14 heteroatoms. The van der Waals surface area contributed by atoms with Gasteiger partial charge in [0.15, 0.2) is 0 Å². The number of fused-ring (bicyclic) bond motifs is 2. The molecule has 1 atom stereocenters. The van der Waals surface area contributed by atoms with Gasteiger partial charge in [-0.25, -0.2) is 4.39 Å². The number of anilines is 1. The van der Waals surface area contributed by atoms with E-state index >= 15 is 4.39 Å². The lowest BCUT2D eigenvalue weighted by Gasteiger charge is -2.44. The van der Waals surface area contributed by atoms with Crippen LogP contribution >= 0.6 is 11.6 Å². The fourth-order valence-electron chi connectivity index (χ4n) is 10.2. The summed E-state index contributed by atoms with van der Waals surface area (Å²) in [4.78, 5) is 64.1. The summed E-state index contributed by atoms with van der Waals surface area (Å²) in [6.07, 6.45) is 11.6. The molecule has 1 unspecified atom stereocenters. The van der Waals surface area contributed by atoms with Gasteiger partial charge in [-0.15, -0.1) is 6.58 Å². The first-order valence-electron chi connectivity index (χ1n) is 21.5. The molecule has 4 amide bonds. The molecule has 2 aliphatic carbocycles. The van der Waals surface area contributed by atoms with Crippen LogP contribution in [0.1, 0.15) is 107 Å². The van der Waals surface area contributed by atoms with Gasteiger partial charge in [0, 0.05) is 57.3 Å². The number of nitrogens with zero attached hydrogens (tertiary/aromatic N) is 6.